The molecule has 0 saturated carbocycles. The van der Waals surface area contributed by atoms with Gasteiger partial charge >= 0.3 is 0 Å². The van der Waals surface area contributed by atoms with Crippen molar-refractivity contribution in [3.63, 3.8) is 0 Å². The van der Waals surface area contributed by atoms with Crippen LogP contribution in [0.1, 0.15) is 27.0 Å². The van der Waals surface area contributed by atoms with Crippen LogP contribution < -0.4 is 4.90 Å². The molecule has 168 valence electrons. The monoisotopic (exact) mass is 471 g/mol. The first-order chi connectivity index (χ1) is 16.6. The van der Waals surface area contributed by atoms with E-state index in [1.807, 2.05) is 36.4 Å². The minimum Gasteiger partial charge on any atom is -0.279 e. The predicted octanol–water partition coefficient (Wildman–Crippen LogP) is 6.41. The Labute approximate surface area is 199 Å². The van der Waals surface area contributed by atoms with Crippen molar-refractivity contribution in [1.29, 1.82) is 0 Å². The van der Waals surface area contributed by atoms with Crippen LogP contribution in [0.5, 0.6) is 0 Å². The molecule has 7 heteroatoms. The summed E-state index contributed by atoms with van der Waals surface area (Å²) in [6, 6.07) is 23.2. The predicted molar refractivity (Wildman–Crippen MR) is 130 cm³/mol. The van der Waals surface area contributed by atoms with Gasteiger partial charge in [-0.25, -0.2) is 13.8 Å². The second-order valence-corrected chi connectivity index (χ2v) is 8.85. The van der Waals surface area contributed by atoms with Crippen molar-refractivity contribution >= 4 is 32.6 Å². The van der Waals surface area contributed by atoms with Crippen LogP contribution in [0.3, 0.4) is 0 Å². The highest BCUT2D eigenvalue weighted by atomic mass is 32.1. The van der Waals surface area contributed by atoms with Crippen molar-refractivity contribution < 1.29 is 13.6 Å². The van der Waals surface area contributed by atoms with E-state index < -0.39 is 11.6 Å². The second kappa shape index (κ2) is 9.49. The molecule has 1 amide bonds. The molecule has 0 fully saturated rings. The lowest BCUT2D eigenvalue weighted by atomic mass is 10.0. The van der Waals surface area contributed by atoms with E-state index in [4.69, 9.17) is 0 Å². The average molecular weight is 472 g/mol. The van der Waals surface area contributed by atoms with Crippen molar-refractivity contribution in [3.8, 4) is 0 Å². The molecule has 0 spiro atoms. The van der Waals surface area contributed by atoms with Gasteiger partial charge in [-0.2, -0.15) is 0 Å². The van der Waals surface area contributed by atoms with Gasteiger partial charge in [0.2, 0.25) is 0 Å². The lowest BCUT2D eigenvalue weighted by Gasteiger charge is -2.20. The van der Waals surface area contributed by atoms with Gasteiger partial charge < -0.3 is 0 Å². The third-order valence-electron chi connectivity index (χ3n) is 5.39. The maximum Gasteiger partial charge on any atom is 0.260 e. The molecule has 34 heavy (non-hydrogen) atoms. The number of hydrogen-bond acceptors (Lipinski definition) is 4. The molecule has 0 aliphatic rings. The number of pyridine rings is 1. The van der Waals surface area contributed by atoms with Gasteiger partial charge in [-0.1, -0.05) is 59.9 Å². The molecule has 3 aromatic carbocycles. The number of amides is 1. The Bertz CT molecular complexity index is 1440. The van der Waals surface area contributed by atoms with E-state index in [9.17, 15) is 13.6 Å². The number of fused-ring (bicyclic) bond motifs is 1. The Balaban J connectivity index is 1.47. The molecule has 2 aromatic heterocycles. The van der Waals surface area contributed by atoms with Crippen molar-refractivity contribution in [2.75, 3.05) is 4.90 Å². The van der Waals surface area contributed by atoms with Crippen LogP contribution in [0.25, 0.3) is 10.2 Å². The number of hydrogen-bond donors (Lipinski definition) is 0. The van der Waals surface area contributed by atoms with Gasteiger partial charge in [-0.3, -0.25) is 14.7 Å². The fourth-order valence-corrected chi connectivity index (χ4v) is 4.72. The minimum atomic E-state index is -0.753. The van der Waals surface area contributed by atoms with Crippen molar-refractivity contribution in [1.82, 2.24) is 9.97 Å². The third-order valence-corrected chi connectivity index (χ3v) is 6.42. The van der Waals surface area contributed by atoms with E-state index in [0.29, 0.717) is 15.4 Å². The summed E-state index contributed by atoms with van der Waals surface area (Å²) in [6.07, 6.45) is 4.07. The van der Waals surface area contributed by atoms with Gasteiger partial charge in [0.1, 0.15) is 11.3 Å². The van der Waals surface area contributed by atoms with Gasteiger partial charge in [-0.15, -0.1) is 0 Å². The number of carbonyl (C=O) groups is 1. The maximum absolute atomic E-state index is 14.3. The summed E-state index contributed by atoms with van der Waals surface area (Å²) in [5.41, 5.74) is 3.58. The van der Waals surface area contributed by atoms with Crippen molar-refractivity contribution in [2.45, 2.75) is 13.0 Å². The highest BCUT2D eigenvalue weighted by molar-refractivity contribution is 7.22. The molecule has 0 atom stereocenters. The molecule has 4 nitrogen and oxygen atoms in total. The SMILES string of the molecule is O=C(c1ccc(Cc2ccccc2)cc1)N(Cc1cccnc1)c1nc2c(F)cc(F)cc2s1. The molecule has 0 bridgehead atoms. The first-order valence-electron chi connectivity index (χ1n) is 10.7. The minimum absolute atomic E-state index is 0.0450. The number of nitrogens with zero attached hydrogens (tertiary/aromatic N) is 3. The van der Waals surface area contributed by atoms with E-state index in [0.717, 1.165) is 35.0 Å². The highest BCUT2D eigenvalue weighted by Crippen LogP contribution is 2.33. The van der Waals surface area contributed by atoms with Gasteiger partial charge in [-0.05, 0) is 47.4 Å². The Hall–Kier alpha value is -3.97. The van der Waals surface area contributed by atoms with Crippen molar-refractivity contribution in [2.24, 2.45) is 0 Å². The standard InChI is InChI=1S/C27H19F2N3OS/c28-22-14-23(29)25-24(15-22)34-27(31-25)32(17-20-7-4-12-30-16-20)26(33)21-10-8-19(9-11-21)13-18-5-2-1-3-6-18/h1-12,14-16H,13,17H2. The molecule has 5 rings (SSSR count). The Morgan fingerprint density at radius 3 is 2.35 bits per heavy atom. The quantitative estimate of drug-likeness (QED) is 0.288. The van der Waals surface area contributed by atoms with E-state index >= 15 is 0 Å². The molecule has 0 saturated heterocycles. The molecule has 5 aromatic rings. The van der Waals surface area contributed by atoms with Gasteiger partial charge in [0.25, 0.3) is 5.91 Å². The summed E-state index contributed by atoms with van der Waals surface area (Å²) in [6.45, 7) is 0.197. The van der Waals surface area contributed by atoms with Crippen LogP contribution in [0.15, 0.2) is 91.3 Å². The zero-order valence-electron chi connectivity index (χ0n) is 18.0. The molecule has 0 aliphatic carbocycles. The Kier molecular flexibility index (Phi) is 6.10. The van der Waals surface area contributed by atoms with E-state index in [-0.39, 0.29) is 18.0 Å². The summed E-state index contributed by atoms with van der Waals surface area (Å²) < 4.78 is 28.4. The van der Waals surface area contributed by atoms with Crippen LogP contribution in [0, 0.1) is 11.6 Å². The average Bonchev–Trinajstić information content (AvgIpc) is 3.28. The maximum atomic E-state index is 14.3. The van der Waals surface area contributed by atoms with Crippen molar-refractivity contribution in [3.05, 3.63) is 125 Å². The summed E-state index contributed by atoms with van der Waals surface area (Å²) >= 11 is 1.07. The topological polar surface area (TPSA) is 46.1 Å². The summed E-state index contributed by atoms with van der Waals surface area (Å²) in [4.78, 5) is 23.5. The Morgan fingerprint density at radius 2 is 1.62 bits per heavy atom. The van der Waals surface area contributed by atoms with Gasteiger partial charge in [0.15, 0.2) is 10.9 Å². The Morgan fingerprint density at radius 1 is 0.882 bits per heavy atom. The fraction of sp³-hybridized carbons (Fsp3) is 0.0741. The highest BCUT2D eigenvalue weighted by Gasteiger charge is 2.23. The van der Waals surface area contributed by atoms with Crippen LogP contribution >= 0.6 is 11.3 Å². The molecule has 2 heterocycles. The number of benzene rings is 3. The van der Waals surface area contributed by atoms with Gasteiger partial charge in [0.05, 0.1) is 11.2 Å². The molecular weight excluding hydrogens is 452 g/mol. The van der Waals surface area contributed by atoms with Gasteiger partial charge in [0, 0.05) is 24.0 Å². The summed E-state index contributed by atoms with van der Waals surface area (Å²) in [5.74, 6) is -1.72. The largest absolute Gasteiger partial charge is 0.279 e. The number of thiazole rings is 1. The smallest absolute Gasteiger partial charge is 0.260 e. The van der Waals surface area contributed by atoms with Crippen LogP contribution in [-0.4, -0.2) is 15.9 Å². The molecule has 0 N–H and O–H groups in total. The third kappa shape index (κ3) is 4.70. The van der Waals surface area contributed by atoms with Crippen LogP contribution in [0.4, 0.5) is 13.9 Å². The van der Waals surface area contributed by atoms with E-state index in [2.05, 4.69) is 22.1 Å². The summed E-state index contributed by atoms with van der Waals surface area (Å²) in [5, 5.41) is 0.293. The van der Waals surface area contributed by atoms with Crippen LogP contribution in [0.2, 0.25) is 0 Å². The van der Waals surface area contributed by atoms with E-state index in [1.54, 1.807) is 30.6 Å². The van der Waals surface area contributed by atoms with E-state index in [1.165, 1.54) is 16.5 Å². The zero-order valence-corrected chi connectivity index (χ0v) is 18.8. The zero-order chi connectivity index (χ0) is 23.5. The number of halogens is 2. The number of carbonyl (C=O) groups excluding carboxylic acids is 1. The number of rotatable bonds is 6. The number of aromatic nitrogens is 2. The molecule has 0 aliphatic heterocycles. The first-order valence-corrected chi connectivity index (χ1v) is 11.5. The number of anilines is 1. The summed E-state index contributed by atoms with van der Waals surface area (Å²) in [7, 11) is 0. The fourth-order valence-electron chi connectivity index (χ4n) is 3.71. The first kappa shape index (κ1) is 21.9. The molecule has 0 radical (unpaired) electrons. The normalized spacial score (nSPS) is 11.0. The molecular formula is C27H19F2N3OS. The molecule has 0 unspecified atom stereocenters. The second-order valence-electron chi connectivity index (χ2n) is 7.84. The lowest BCUT2D eigenvalue weighted by Crippen LogP contribution is -2.30. The van der Waals surface area contributed by atoms with Crippen LogP contribution in [-0.2, 0) is 13.0 Å². The lowest BCUT2D eigenvalue weighted by molar-refractivity contribution is 0.0985.